The molecular weight excluding hydrogens is 322 g/mol. The monoisotopic (exact) mass is 349 g/mol. The third-order valence-electron chi connectivity index (χ3n) is 5.48. The van der Waals surface area contributed by atoms with Gasteiger partial charge < -0.3 is 15.1 Å². The predicted molar refractivity (Wildman–Crippen MR) is 91.3 cm³/mol. The average Bonchev–Trinajstić information content (AvgIpc) is 3.27. The van der Waals surface area contributed by atoms with Crippen LogP contribution in [-0.4, -0.2) is 56.0 Å². The van der Waals surface area contributed by atoms with Gasteiger partial charge in [-0.2, -0.15) is 5.10 Å². The Hall–Kier alpha value is -1.89. The normalized spacial score (nSPS) is 26.9. The van der Waals surface area contributed by atoms with Gasteiger partial charge in [0.25, 0.3) is 5.91 Å². The second kappa shape index (κ2) is 6.44. The van der Waals surface area contributed by atoms with Crippen LogP contribution in [0.2, 0.25) is 0 Å². The molecule has 0 radical (unpaired) electrons. The highest BCUT2D eigenvalue weighted by molar-refractivity contribution is 5.93. The van der Waals surface area contributed by atoms with E-state index >= 15 is 0 Å². The minimum atomic E-state index is -1.26. The summed E-state index contributed by atoms with van der Waals surface area (Å²) in [5.74, 6) is -0.910. The zero-order valence-corrected chi connectivity index (χ0v) is 15.1. The molecule has 0 unspecified atom stereocenters. The average molecular weight is 349 g/mol. The van der Waals surface area contributed by atoms with Gasteiger partial charge in [0, 0.05) is 24.8 Å². The van der Waals surface area contributed by atoms with Gasteiger partial charge in [0.05, 0.1) is 6.10 Å². The molecule has 2 aliphatic rings. The Morgan fingerprint density at radius 1 is 1.36 bits per heavy atom. The molecule has 7 heteroatoms. The fraction of sp³-hybridized carbons (Fsp3) is 0.722. The standard InChI is InChI=1S/C18H27N3O4/c1-11(2)21-12(3)8-14(19-21)16(23)20-7-6-15(22)18(10-20,17(24)25)9-13-4-5-13/h8,11,13,15,22H,4-7,9-10H2,1-3H3,(H,24,25)/t15-,18+/m0/s1. The maximum absolute atomic E-state index is 12.9. The number of hydrogen-bond acceptors (Lipinski definition) is 4. The van der Waals surface area contributed by atoms with Crippen molar-refractivity contribution in [1.82, 2.24) is 14.7 Å². The van der Waals surface area contributed by atoms with E-state index in [1.807, 2.05) is 20.8 Å². The third kappa shape index (κ3) is 3.29. The van der Waals surface area contributed by atoms with Crippen LogP contribution in [0.4, 0.5) is 0 Å². The van der Waals surface area contributed by atoms with Gasteiger partial charge in [-0.25, -0.2) is 0 Å². The molecule has 0 bridgehead atoms. The SMILES string of the molecule is Cc1cc(C(=O)N2CC[C@H](O)[C@](CC3CC3)(C(=O)O)C2)nn1C(C)C. The van der Waals surface area contributed by atoms with Gasteiger partial charge in [-0.3, -0.25) is 14.3 Å². The van der Waals surface area contributed by atoms with Crippen molar-refractivity contribution in [3.8, 4) is 0 Å². The first-order valence-electron chi connectivity index (χ1n) is 9.01. The van der Waals surface area contributed by atoms with Crippen molar-refractivity contribution in [3.63, 3.8) is 0 Å². The molecule has 25 heavy (non-hydrogen) atoms. The van der Waals surface area contributed by atoms with E-state index in [9.17, 15) is 19.8 Å². The molecule has 1 saturated carbocycles. The highest BCUT2D eigenvalue weighted by Crippen LogP contribution is 2.45. The number of aliphatic hydroxyl groups excluding tert-OH is 1. The summed E-state index contributed by atoms with van der Waals surface area (Å²) in [5.41, 5.74) is -0.0174. The van der Waals surface area contributed by atoms with Crippen molar-refractivity contribution in [1.29, 1.82) is 0 Å². The van der Waals surface area contributed by atoms with E-state index in [1.165, 1.54) is 0 Å². The van der Waals surface area contributed by atoms with Crippen LogP contribution >= 0.6 is 0 Å². The number of amides is 1. The molecule has 1 saturated heterocycles. The summed E-state index contributed by atoms with van der Waals surface area (Å²) < 4.78 is 1.79. The molecule has 3 rings (SSSR count). The molecule has 2 N–H and O–H groups in total. The number of carbonyl (C=O) groups excluding carboxylic acids is 1. The van der Waals surface area contributed by atoms with Crippen molar-refractivity contribution in [2.75, 3.05) is 13.1 Å². The fourth-order valence-electron chi connectivity index (χ4n) is 3.86. The first-order valence-corrected chi connectivity index (χ1v) is 9.01. The molecule has 1 aliphatic carbocycles. The summed E-state index contributed by atoms with van der Waals surface area (Å²) in [6, 6.07) is 1.90. The molecule has 7 nitrogen and oxygen atoms in total. The number of carbonyl (C=O) groups is 2. The first-order chi connectivity index (χ1) is 11.7. The molecule has 0 aromatic carbocycles. The summed E-state index contributed by atoms with van der Waals surface area (Å²) >= 11 is 0. The molecule has 1 amide bonds. The van der Waals surface area contributed by atoms with Crippen LogP contribution < -0.4 is 0 Å². The topological polar surface area (TPSA) is 95.7 Å². The van der Waals surface area contributed by atoms with Crippen molar-refractivity contribution in [2.45, 2.75) is 58.6 Å². The largest absolute Gasteiger partial charge is 0.481 e. The number of nitrogens with zero attached hydrogens (tertiary/aromatic N) is 3. The summed E-state index contributed by atoms with van der Waals surface area (Å²) in [6.45, 7) is 6.30. The van der Waals surface area contributed by atoms with E-state index in [0.717, 1.165) is 18.5 Å². The Labute approximate surface area is 147 Å². The van der Waals surface area contributed by atoms with E-state index < -0.39 is 17.5 Å². The lowest BCUT2D eigenvalue weighted by Gasteiger charge is -2.43. The molecule has 138 valence electrons. The molecule has 0 spiro atoms. The van der Waals surface area contributed by atoms with Gasteiger partial charge in [0.1, 0.15) is 5.41 Å². The third-order valence-corrected chi connectivity index (χ3v) is 5.48. The molecule has 2 atom stereocenters. The minimum absolute atomic E-state index is 0.0480. The van der Waals surface area contributed by atoms with Gasteiger partial charge in [-0.1, -0.05) is 12.8 Å². The van der Waals surface area contributed by atoms with Crippen LogP contribution in [0, 0.1) is 18.3 Å². The van der Waals surface area contributed by atoms with Crippen LogP contribution in [0.15, 0.2) is 6.07 Å². The number of aryl methyl sites for hydroxylation is 1. The number of rotatable bonds is 5. The summed E-state index contributed by atoms with van der Waals surface area (Å²) in [6.07, 6.45) is 1.83. The highest BCUT2D eigenvalue weighted by Gasteiger charge is 2.52. The van der Waals surface area contributed by atoms with E-state index in [0.29, 0.717) is 24.6 Å². The summed E-state index contributed by atoms with van der Waals surface area (Å²) in [5, 5.41) is 24.6. The smallest absolute Gasteiger partial charge is 0.314 e. The number of hydrogen-bond donors (Lipinski definition) is 2. The number of carboxylic acids is 1. The van der Waals surface area contributed by atoms with Crippen molar-refractivity contribution in [3.05, 3.63) is 17.5 Å². The van der Waals surface area contributed by atoms with E-state index in [-0.39, 0.29) is 24.9 Å². The number of aromatic nitrogens is 2. The Morgan fingerprint density at radius 2 is 2.04 bits per heavy atom. The fourth-order valence-corrected chi connectivity index (χ4v) is 3.86. The van der Waals surface area contributed by atoms with Gasteiger partial charge >= 0.3 is 5.97 Å². The Balaban J connectivity index is 1.83. The van der Waals surface area contributed by atoms with Crippen molar-refractivity contribution in [2.24, 2.45) is 11.3 Å². The summed E-state index contributed by atoms with van der Waals surface area (Å²) in [7, 11) is 0. The van der Waals surface area contributed by atoms with Gasteiger partial charge in [0.2, 0.25) is 0 Å². The molecule has 2 heterocycles. The lowest BCUT2D eigenvalue weighted by atomic mass is 9.73. The molecule has 2 fully saturated rings. The number of aliphatic hydroxyl groups is 1. The lowest BCUT2D eigenvalue weighted by molar-refractivity contribution is -0.163. The second-order valence-electron chi connectivity index (χ2n) is 7.85. The van der Waals surface area contributed by atoms with Crippen LogP contribution in [0.1, 0.15) is 61.8 Å². The number of likely N-dealkylation sites (tertiary alicyclic amines) is 1. The Morgan fingerprint density at radius 3 is 2.56 bits per heavy atom. The van der Waals surface area contributed by atoms with Crippen LogP contribution in [0.25, 0.3) is 0 Å². The quantitative estimate of drug-likeness (QED) is 0.846. The maximum Gasteiger partial charge on any atom is 0.314 e. The van der Waals surface area contributed by atoms with Crippen LogP contribution in [0.3, 0.4) is 0 Å². The Kier molecular flexibility index (Phi) is 4.62. The summed E-state index contributed by atoms with van der Waals surface area (Å²) in [4.78, 5) is 26.4. The molecular formula is C18H27N3O4. The second-order valence-corrected chi connectivity index (χ2v) is 7.85. The predicted octanol–water partition coefficient (Wildman–Crippen LogP) is 1.85. The van der Waals surface area contributed by atoms with Gasteiger partial charge in [-0.15, -0.1) is 0 Å². The van der Waals surface area contributed by atoms with Crippen LogP contribution in [-0.2, 0) is 4.79 Å². The van der Waals surface area contributed by atoms with Crippen molar-refractivity contribution < 1.29 is 19.8 Å². The first kappa shape index (κ1) is 17.9. The molecule has 1 aromatic rings. The Bertz CT molecular complexity index is 680. The van der Waals surface area contributed by atoms with Crippen LogP contribution in [0.5, 0.6) is 0 Å². The van der Waals surface area contributed by atoms with E-state index in [2.05, 4.69) is 5.10 Å². The number of piperidine rings is 1. The molecule has 1 aromatic heterocycles. The number of carboxylic acid groups (broad SMARTS) is 1. The zero-order chi connectivity index (χ0) is 18.4. The number of aliphatic carboxylic acids is 1. The minimum Gasteiger partial charge on any atom is -0.481 e. The lowest BCUT2D eigenvalue weighted by Crippen LogP contribution is -2.57. The maximum atomic E-state index is 12.9. The van der Waals surface area contributed by atoms with E-state index in [4.69, 9.17) is 0 Å². The van der Waals surface area contributed by atoms with Crippen molar-refractivity contribution >= 4 is 11.9 Å². The zero-order valence-electron chi connectivity index (χ0n) is 15.1. The van der Waals surface area contributed by atoms with Gasteiger partial charge in [-0.05, 0) is 45.6 Å². The van der Waals surface area contributed by atoms with Gasteiger partial charge in [0.15, 0.2) is 5.69 Å². The van der Waals surface area contributed by atoms with E-state index in [1.54, 1.807) is 15.6 Å². The molecule has 1 aliphatic heterocycles. The highest BCUT2D eigenvalue weighted by atomic mass is 16.4.